The molecule has 0 aromatic carbocycles. The molecule has 0 spiro atoms. The second-order valence-electron chi connectivity index (χ2n) is 11.7. The van der Waals surface area contributed by atoms with E-state index in [0.717, 1.165) is 6.54 Å². The van der Waals surface area contributed by atoms with E-state index in [9.17, 15) is 0 Å². The van der Waals surface area contributed by atoms with Crippen molar-refractivity contribution < 1.29 is 0 Å². The maximum atomic E-state index is 2.47. The van der Waals surface area contributed by atoms with Gasteiger partial charge in [0, 0.05) is 24.4 Å². The van der Waals surface area contributed by atoms with Gasteiger partial charge in [-0.1, -0.05) is 103 Å². The lowest BCUT2D eigenvalue weighted by Crippen LogP contribution is -2.46. The Morgan fingerprint density at radius 3 is 2.09 bits per heavy atom. The molecule has 2 atom stereocenters. The minimum absolute atomic E-state index is 0.118. The molecular weight excluding hydrogens is 398 g/mol. The minimum atomic E-state index is -0.147. The molecule has 0 saturated heterocycles. The number of likely N-dealkylation sites (N-methyl/N-ethyl adjacent to an activating group) is 1. The molecule has 3 aliphatic carbocycles. The fourth-order valence-electron chi connectivity index (χ4n) is 5.65. The Balaban J connectivity index is 1.96. The highest BCUT2D eigenvalue weighted by atomic mass is 15.1. The second-order valence-corrected chi connectivity index (χ2v) is 11.7. The van der Waals surface area contributed by atoms with Gasteiger partial charge in [0.05, 0.1) is 0 Å². The van der Waals surface area contributed by atoms with E-state index in [-0.39, 0.29) is 16.2 Å². The summed E-state index contributed by atoms with van der Waals surface area (Å²) >= 11 is 0. The van der Waals surface area contributed by atoms with Crippen LogP contribution in [0, 0.1) is 22.2 Å². The summed E-state index contributed by atoms with van der Waals surface area (Å²) in [6.07, 6.45) is 26.2. The summed E-state index contributed by atoms with van der Waals surface area (Å²) in [5.74, 6) is 0.491. The topological polar surface area (TPSA) is 3.24 Å². The van der Waals surface area contributed by atoms with Crippen LogP contribution in [-0.4, -0.2) is 18.5 Å². The summed E-state index contributed by atoms with van der Waals surface area (Å²) in [6, 6.07) is 0. The van der Waals surface area contributed by atoms with Gasteiger partial charge in [-0.05, 0) is 69.5 Å². The average molecular weight is 440 g/mol. The molecule has 1 aliphatic heterocycles. The second kappa shape index (κ2) is 8.05. The van der Waals surface area contributed by atoms with Gasteiger partial charge in [-0.2, -0.15) is 0 Å². The Morgan fingerprint density at radius 1 is 0.909 bits per heavy atom. The molecule has 174 valence electrons. The van der Waals surface area contributed by atoms with Crippen molar-refractivity contribution in [1.82, 2.24) is 4.90 Å². The van der Waals surface area contributed by atoms with Gasteiger partial charge in [0.2, 0.25) is 0 Å². The first kappa shape index (κ1) is 23.6. The van der Waals surface area contributed by atoms with Crippen LogP contribution in [0.1, 0.15) is 55.4 Å². The minimum Gasteiger partial charge on any atom is -0.377 e. The predicted molar refractivity (Wildman–Crippen MR) is 144 cm³/mol. The van der Waals surface area contributed by atoms with Crippen molar-refractivity contribution in [2.75, 3.05) is 13.6 Å². The van der Waals surface area contributed by atoms with Gasteiger partial charge in [0.25, 0.3) is 0 Å². The predicted octanol–water partition coefficient (Wildman–Crippen LogP) is 8.26. The Kier molecular flexibility index (Phi) is 5.76. The van der Waals surface area contributed by atoms with Gasteiger partial charge in [-0.15, -0.1) is 0 Å². The third kappa shape index (κ3) is 3.70. The van der Waals surface area contributed by atoms with Crippen LogP contribution >= 0.6 is 0 Å². The first-order valence-electron chi connectivity index (χ1n) is 12.4. The molecule has 0 saturated carbocycles. The molecule has 1 nitrogen and oxygen atoms in total. The van der Waals surface area contributed by atoms with E-state index in [2.05, 4.69) is 134 Å². The highest BCUT2D eigenvalue weighted by molar-refractivity contribution is 5.67. The highest BCUT2D eigenvalue weighted by Crippen LogP contribution is 2.64. The van der Waals surface area contributed by atoms with Crippen molar-refractivity contribution >= 4 is 0 Å². The van der Waals surface area contributed by atoms with Crippen LogP contribution in [0.2, 0.25) is 0 Å². The molecule has 4 rings (SSSR count). The number of fused-ring (bicyclic) bond motifs is 3. The van der Waals surface area contributed by atoms with Crippen molar-refractivity contribution in [3.8, 4) is 0 Å². The Labute approximate surface area is 202 Å². The molecular formula is C32H41N. The summed E-state index contributed by atoms with van der Waals surface area (Å²) in [6.45, 7) is 19.6. The van der Waals surface area contributed by atoms with Crippen LogP contribution in [0.15, 0.2) is 106 Å². The van der Waals surface area contributed by atoms with Crippen LogP contribution in [0.3, 0.4) is 0 Å². The zero-order valence-corrected chi connectivity index (χ0v) is 22.1. The van der Waals surface area contributed by atoms with Crippen LogP contribution in [0.4, 0.5) is 0 Å². The van der Waals surface area contributed by atoms with Crippen molar-refractivity contribution in [2.24, 2.45) is 22.2 Å². The average Bonchev–Trinajstić information content (AvgIpc) is 2.74. The number of nitrogens with zero attached hydrogens (tertiary/aromatic N) is 1. The zero-order valence-electron chi connectivity index (χ0n) is 22.1. The molecule has 0 aromatic rings. The number of rotatable bonds is 2. The third-order valence-corrected chi connectivity index (χ3v) is 8.32. The van der Waals surface area contributed by atoms with E-state index in [4.69, 9.17) is 0 Å². The van der Waals surface area contributed by atoms with Crippen molar-refractivity contribution in [1.29, 1.82) is 0 Å². The van der Waals surface area contributed by atoms with E-state index in [1.54, 1.807) is 0 Å². The van der Waals surface area contributed by atoms with Gasteiger partial charge in [-0.3, -0.25) is 0 Å². The van der Waals surface area contributed by atoms with Crippen LogP contribution < -0.4 is 0 Å². The van der Waals surface area contributed by atoms with Crippen LogP contribution in [-0.2, 0) is 0 Å². The highest BCUT2D eigenvalue weighted by Gasteiger charge is 2.55. The molecule has 0 amide bonds. The number of hydrogen-bond donors (Lipinski definition) is 0. The Morgan fingerprint density at radius 2 is 1.55 bits per heavy atom. The van der Waals surface area contributed by atoms with Crippen molar-refractivity contribution in [2.45, 2.75) is 55.4 Å². The van der Waals surface area contributed by atoms with E-state index in [1.165, 1.54) is 39.0 Å². The number of hydrogen-bond acceptors (Lipinski definition) is 1. The standard InChI is InChI=1S/C32H41N/c1-10-25-20-28(30(4,5)6)21-27-12-11-26-18-24(22(2)3)19-29(32(26,8)31(25,27)7)17-23-13-15-33(9)16-14-23/h10-15,17-22H,16H2,1-9H3/b25-10-,29-17+. The molecule has 2 unspecified atom stereocenters. The monoisotopic (exact) mass is 439 g/mol. The molecule has 0 N–H and O–H groups in total. The first-order valence-corrected chi connectivity index (χ1v) is 12.4. The van der Waals surface area contributed by atoms with Crippen LogP contribution in [0.5, 0.6) is 0 Å². The SMILES string of the molecule is C/C=C1/C=C(C(C)(C)C)C=C2C=CC3=CC(C(C)C)=C/C(=C\C4=CCN(C)C=C4)C3(C)C21C. The first-order chi connectivity index (χ1) is 15.4. The fraction of sp³-hybridized carbons (Fsp3) is 0.438. The summed E-state index contributed by atoms with van der Waals surface area (Å²) in [7, 11) is 2.12. The molecule has 0 radical (unpaired) electrons. The molecule has 0 fully saturated rings. The van der Waals surface area contributed by atoms with Gasteiger partial charge in [-0.25, -0.2) is 0 Å². The molecule has 0 aromatic heterocycles. The van der Waals surface area contributed by atoms with Gasteiger partial charge >= 0.3 is 0 Å². The smallest absolute Gasteiger partial charge is 0.0359 e. The normalized spacial score (nSPS) is 31.7. The maximum Gasteiger partial charge on any atom is 0.0359 e. The van der Waals surface area contributed by atoms with E-state index >= 15 is 0 Å². The molecule has 1 heterocycles. The molecule has 4 aliphatic rings. The quantitative estimate of drug-likeness (QED) is 0.418. The van der Waals surface area contributed by atoms with E-state index in [1.807, 2.05) is 0 Å². The molecule has 1 heteroatoms. The summed E-state index contributed by atoms with van der Waals surface area (Å²) in [5, 5.41) is 0. The lowest BCUT2D eigenvalue weighted by molar-refractivity contribution is 0.250. The van der Waals surface area contributed by atoms with Crippen molar-refractivity contribution in [3.63, 3.8) is 0 Å². The molecule has 0 bridgehead atoms. The van der Waals surface area contributed by atoms with Crippen LogP contribution in [0.25, 0.3) is 0 Å². The zero-order chi connectivity index (χ0) is 24.2. The van der Waals surface area contributed by atoms with Gasteiger partial charge in [0.1, 0.15) is 0 Å². The Hall–Kier alpha value is -2.54. The largest absolute Gasteiger partial charge is 0.377 e. The van der Waals surface area contributed by atoms with E-state index in [0.29, 0.717) is 5.92 Å². The lowest BCUT2D eigenvalue weighted by atomic mass is 9.47. The van der Waals surface area contributed by atoms with Gasteiger partial charge < -0.3 is 4.90 Å². The van der Waals surface area contributed by atoms with Gasteiger partial charge in [0.15, 0.2) is 0 Å². The Bertz CT molecular complexity index is 1130. The summed E-state index contributed by atoms with van der Waals surface area (Å²) in [5.41, 5.74) is 9.64. The lowest BCUT2D eigenvalue weighted by Gasteiger charge is -2.55. The number of allylic oxidation sites excluding steroid dienone is 16. The fourth-order valence-corrected chi connectivity index (χ4v) is 5.65. The summed E-state index contributed by atoms with van der Waals surface area (Å²) < 4.78 is 0. The molecule has 33 heavy (non-hydrogen) atoms. The third-order valence-electron chi connectivity index (χ3n) is 8.32. The van der Waals surface area contributed by atoms with Crippen molar-refractivity contribution in [3.05, 3.63) is 106 Å². The maximum absolute atomic E-state index is 2.47. The van der Waals surface area contributed by atoms with E-state index < -0.39 is 0 Å². The summed E-state index contributed by atoms with van der Waals surface area (Å²) in [4.78, 5) is 2.22.